The average molecular weight is 385 g/mol. The normalized spacial score (nSPS) is 9.29. The summed E-state index contributed by atoms with van der Waals surface area (Å²) < 4.78 is 1.24. The molecule has 2 aromatic carbocycles. The summed E-state index contributed by atoms with van der Waals surface area (Å²) in [5, 5.41) is 5.90. The fourth-order valence-electron chi connectivity index (χ4n) is 1.62. The van der Waals surface area contributed by atoms with E-state index in [1.54, 1.807) is 0 Å². The molecule has 0 aliphatic rings. The number of anilines is 1. The van der Waals surface area contributed by atoms with Gasteiger partial charge in [-0.25, -0.2) is 0 Å². The van der Waals surface area contributed by atoms with E-state index < -0.39 is 0 Å². The second-order valence-corrected chi connectivity index (χ2v) is 4.52. The van der Waals surface area contributed by atoms with Crippen molar-refractivity contribution in [2.45, 2.75) is 0 Å². The predicted molar refractivity (Wildman–Crippen MR) is 88.7 cm³/mol. The van der Waals surface area contributed by atoms with Crippen LogP contribution < -0.4 is 11.1 Å². The first-order valence-corrected chi connectivity index (χ1v) is 6.02. The molecule has 0 heterocycles. The Bertz CT molecular complexity index is 477. The Morgan fingerprint density at radius 3 is 2.47 bits per heavy atom. The van der Waals surface area contributed by atoms with Gasteiger partial charge in [0.25, 0.3) is 0 Å². The van der Waals surface area contributed by atoms with E-state index in [4.69, 9.17) is 5.73 Å². The molecule has 2 aromatic rings. The van der Waals surface area contributed by atoms with Crippen molar-refractivity contribution in [1.82, 2.24) is 0 Å². The maximum absolute atomic E-state index is 5.51. The van der Waals surface area contributed by atoms with Crippen molar-refractivity contribution in [3.63, 3.8) is 0 Å². The van der Waals surface area contributed by atoms with Crippen molar-refractivity contribution < 1.29 is 0 Å². The Kier molecular flexibility index (Phi) is 7.87. The molecule has 0 radical (unpaired) electrons. The van der Waals surface area contributed by atoms with E-state index in [-0.39, 0.29) is 24.8 Å². The van der Waals surface area contributed by atoms with Crippen LogP contribution in [-0.4, -0.2) is 13.1 Å². The minimum Gasteiger partial charge on any atom is -0.382 e. The molecule has 5 heteroatoms. The molecule has 0 aliphatic heterocycles. The molecule has 17 heavy (non-hydrogen) atoms. The van der Waals surface area contributed by atoms with Crippen LogP contribution in [0.5, 0.6) is 0 Å². The van der Waals surface area contributed by atoms with Gasteiger partial charge < -0.3 is 11.1 Å². The highest BCUT2D eigenvalue weighted by Gasteiger charge is 2.03. The van der Waals surface area contributed by atoms with Crippen LogP contribution in [0.25, 0.3) is 10.8 Å². The Morgan fingerprint density at radius 2 is 1.76 bits per heavy atom. The second kappa shape index (κ2) is 7.97. The van der Waals surface area contributed by atoms with Crippen molar-refractivity contribution in [3.05, 3.63) is 40.0 Å². The number of hydrogen-bond acceptors (Lipinski definition) is 2. The van der Waals surface area contributed by atoms with Gasteiger partial charge in [0, 0.05) is 22.0 Å². The molecule has 0 aliphatic carbocycles. The van der Waals surface area contributed by atoms with Gasteiger partial charge in [0.05, 0.1) is 5.69 Å². The first kappa shape index (κ1) is 16.8. The number of benzene rings is 2. The van der Waals surface area contributed by atoms with E-state index in [0.717, 1.165) is 6.54 Å². The molecule has 0 saturated carbocycles. The Hall–Kier alpha value is -0.230. The lowest BCUT2D eigenvalue weighted by atomic mass is 10.1. The van der Waals surface area contributed by atoms with Gasteiger partial charge in [-0.1, -0.05) is 30.3 Å². The largest absolute Gasteiger partial charge is 0.382 e. The summed E-state index contributed by atoms with van der Waals surface area (Å²) in [6.07, 6.45) is 0. The van der Waals surface area contributed by atoms with Crippen LogP contribution in [0.1, 0.15) is 0 Å². The molecule has 3 N–H and O–H groups in total. The summed E-state index contributed by atoms with van der Waals surface area (Å²) in [6, 6.07) is 12.6. The molecule has 0 saturated heterocycles. The topological polar surface area (TPSA) is 38.0 Å². The molecule has 0 unspecified atom stereocenters. The van der Waals surface area contributed by atoms with Gasteiger partial charge in [-0.3, -0.25) is 0 Å². The fourth-order valence-corrected chi connectivity index (χ4v) is 2.28. The van der Waals surface area contributed by atoms with E-state index in [9.17, 15) is 0 Å². The summed E-state index contributed by atoms with van der Waals surface area (Å²) in [5.41, 5.74) is 6.70. The summed E-state index contributed by atoms with van der Waals surface area (Å²) in [4.78, 5) is 0. The smallest absolute Gasteiger partial charge is 0.0555 e. The summed E-state index contributed by atoms with van der Waals surface area (Å²) >= 11 is 2.34. The minimum atomic E-state index is 0. The van der Waals surface area contributed by atoms with E-state index in [2.05, 4.69) is 64.3 Å². The first-order valence-electron chi connectivity index (χ1n) is 4.94. The van der Waals surface area contributed by atoms with Crippen LogP contribution in [0.4, 0.5) is 5.69 Å². The monoisotopic (exact) mass is 384 g/mol. The Labute approximate surface area is 127 Å². The SMILES string of the molecule is Cl.Cl.NCCNc1c(I)ccc2ccccc12. The maximum atomic E-state index is 5.51. The maximum Gasteiger partial charge on any atom is 0.0555 e. The van der Waals surface area contributed by atoms with Crippen LogP contribution >= 0.6 is 47.4 Å². The first-order chi connectivity index (χ1) is 7.33. The summed E-state index contributed by atoms with van der Waals surface area (Å²) in [5.74, 6) is 0. The zero-order chi connectivity index (χ0) is 10.7. The molecule has 0 spiro atoms. The van der Waals surface area contributed by atoms with Crippen molar-refractivity contribution >= 4 is 63.9 Å². The number of nitrogens with one attached hydrogen (secondary N) is 1. The van der Waals surface area contributed by atoms with Gasteiger partial charge in [0.2, 0.25) is 0 Å². The highest BCUT2D eigenvalue weighted by atomic mass is 127. The summed E-state index contributed by atoms with van der Waals surface area (Å²) in [7, 11) is 0. The third-order valence-electron chi connectivity index (χ3n) is 2.32. The second-order valence-electron chi connectivity index (χ2n) is 3.36. The molecule has 0 aromatic heterocycles. The minimum absolute atomic E-state index is 0. The molecule has 0 amide bonds. The van der Waals surface area contributed by atoms with Crippen LogP contribution in [-0.2, 0) is 0 Å². The summed E-state index contributed by atoms with van der Waals surface area (Å²) in [6.45, 7) is 1.46. The zero-order valence-corrected chi connectivity index (χ0v) is 12.9. The fraction of sp³-hybridized carbons (Fsp3) is 0.167. The van der Waals surface area contributed by atoms with E-state index in [1.807, 2.05) is 0 Å². The van der Waals surface area contributed by atoms with Gasteiger partial charge in [0.15, 0.2) is 0 Å². The van der Waals surface area contributed by atoms with E-state index in [1.165, 1.54) is 20.0 Å². The average Bonchev–Trinajstić information content (AvgIpc) is 2.28. The third kappa shape index (κ3) is 3.88. The predicted octanol–water partition coefficient (Wildman–Crippen LogP) is 3.66. The van der Waals surface area contributed by atoms with Gasteiger partial charge >= 0.3 is 0 Å². The lowest BCUT2D eigenvalue weighted by molar-refractivity contribution is 1.03. The van der Waals surface area contributed by atoms with Crippen LogP contribution in [0.15, 0.2) is 36.4 Å². The van der Waals surface area contributed by atoms with Crippen molar-refractivity contribution in [1.29, 1.82) is 0 Å². The Balaban J connectivity index is 0.00000128. The number of rotatable bonds is 3. The molecule has 0 bridgehead atoms. The number of hydrogen-bond donors (Lipinski definition) is 2. The quantitative estimate of drug-likeness (QED) is 0.792. The molecule has 94 valence electrons. The molecule has 0 fully saturated rings. The zero-order valence-electron chi connectivity index (χ0n) is 9.15. The highest BCUT2D eigenvalue weighted by Crippen LogP contribution is 2.28. The van der Waals surface area contributed by atoms with Crippen LogP contribution in [0, 0.1) is 3.57 Å². The third-order valence-corrected chi connectivity index (χ3v) is 3.22. The lowest BCUT2D eigenvalue weighted by Crippen LogP contribution is -2.13. The number of nitrogens with two attached hydrogens (primary N) is 1. The van der Waals surface area contributed by atoms with E-state index >= 15 is 0 Å². The highest BCUT2D eigenvalue weighted by molar-refractivity contribution is 14.1. The molecule has 2 nitrogen and oxygen atoms in total. The molecule has 2 rings (SSSR count). The standard InChI is InChI=1S/C12H13IN2.2ClH/c13-11-6-5-9-3-1-2-4-10(9)12(11)15-8-7-14;;/h1-6,15H,7-8,14H2;2*1H. The molecular weight excluding hydrogens is 370 g/mol. The number of halogens is 3. The van der Waals surface area contributed by atoms with Gasteiger partial charge in [0.1, 0.15) is 0 Å². The van der Waals surface area contributed by atoms with Crippen molar-refractivity contribution in [2.24, 2.45) is 5.73 Å². The van der Waals surface area contributed by atoms with Gasteiger partial charge in [-0.2, -0.15) is 0 Å². The van der Waals surface area contributed by atoms with Crippen LogP contribution in [0.2, 0.25) is 0 Å². The molecule has 0 atom stereocenters. The van der Waals surface area contributed by atoms with Gasteiger partial charge in [-0.05, 0) is 34.0 Å². The van der Waals surface area contributed by atoms with Crippen molar-refractivity contribution in [2.75, 3.05) is 18.4 Å². The van der Waals surface area contributed by atoms with Crippen LogP contribution in [0.3, 0.4) is 0 Å². The molecular formula is C12H15Cl2IN2. The lowest BCUT2D eigenvalue weighted by Gasteiger charge is -2.11. The van der Waals surface area contributed by atoms with E-state index in [0.29, 0.717) is 6.54 Å². The number of fused-ring (bicyclic) bond motifs is 1. The van der Waals surface area contributed by atoms with Crippen molar-refractivity contribution in [3.8, 4) is 0 Å². The Morgan fingerprint density at radius 1 is 1.06 bits per heavy atom. The van der Waals surface area contributed by atoms with Gasteiger partial charge in [-0.15, -0.1) is 24.8 Å².